The molecule has 0 saturated carbocycles. The monoisotopic (exact) mass is 560 g/mol. The Morgan fingerprint density at radius 1 is 1.13 bits per heavy atom. The number of anilines is 1. The van der Waals surface area contributed by atoms with Gasteiger partial charge in [-0.25, -0.2) is 0 Å². The number of nitrogens with zero attached hydrogens (tertiary/aromatic N) is 4. The summed E-state index contributed by atoms with van der Waals surface area (Å²) in [6, 6.07) is 16.6. The average molecular weight is 561 g/mol. The van der Waals surface area contributed by atoms with Crippen LogP contribution in [0.3, 0.4) is 0 Å². The van der Waals surface area contributed by atoms with E-state index in [2.05, 4.69) is 16.0 Å². The first-order valence-corrected chi connectivity index (χ1v) is 12.7. The van der Waals surface area contributed by atoms with Gasteiger partial charge in [-0.3, -0.25) is 9.88 Å². The van der Waals surface area contributed by atoms with Gasteiger partial charge in [0.15, 0.2) is 0 Å². The first-order chi connectivity index (χ1) is 18.5. The SMILES string of the molecule is C[C@@](O)(CN1CCN(c2ccc(OCCO)cc2Cl)[C@H](c2ccc(C#N)cc2)C1)c1ccc(C(F)(F)F)nc1. The van der Waals surface area contributed by atoms with Gasteiger partial charge in [0.25, 0.3) is 0 Å². The predicted molar refractivity (Wildman–Crippen MR) is 141 cm³/mol. The van der Waals surface area contributed by atoms with Crippen LogP contribution in [0, 0.1) is 11.3 Å². The van der Waals surface area contributed by atoms with Gasteiger partial charge in [-0.05, 0) is 42.8 Å². The summed E-state index contributed by atoms with van der Waals surface area (Å²) in [5.41, 5.74) is 0.0688. The summed E-state index contributed by atoms with van der Waals surface area (Å²) in [5.74, 6) is 0.535. The van der Waals surface area contributed by atoms with E-state index in [9.17, 15) is 23.5 Å². The largest absolute Gasteiger partial charge is 0.491 e. The van der Waals surface area contributed by atoms with Crippen molar-refractivity contribution in [3.05, 3.63) is 88.2 Å². The number of hydrogen-bond acceptors (Lipinski definition) is 7. The van der Waals surface area contributed by atoms with Crippen LogP contribution in [0.2, 0.25) is 5.02 Å². The second-order valence-corrected chi connectivity index (χ2v) is 9.97. The normalized spacial score (nSPS) is 17.9. The number of aliphatic hydroxyl groups excluding tert-OH is 1. The summed E-state index contributed by atoms with van der Waals surface area (Å²) in [5, 5.41) is 29.9. The van der Waals surface area contributed by atoms with Gasteiger partial charge in [-0.15, -0.1) is 0 Å². The molecule has 1 fully saturated rings. The number of alkyl halides is 3. The number of nitriles is 1. The molecule has 1 aliphatic heterocycles. The van der Waals surface area contributed by atoms with E-state index in [0.29, 0.717) is 36.0 Å². The highest BCUT2D eigenvalue weighted by molar-refractivity contribution is 6.33. The topological polar surface area (TPSA) is 92.9 Å². The number of aromatic nitrogens is 1. The van der Waals surface area contributed by atoms with Gasteiger partial charge in [0, 0.05) is 44.0 Å². The van der Waals surface area contributed by atoms with Crippen molar-refractivity contribution in [2.24, 2.45) is 0 Å². The number of benzene rings is 2. The molecule has 206 valence electrons. The zero-order chi connectivity index (χ0) is 28.2. The van der Waals surface area contributed by atoms with Crippen LogP contribution in [0.1, 0.15) is 35.3 Å². The van der Waals surface area contributed by atoms with E-state index in [4.69, 9.17) is 21.4 Å². The van der Waals surface area contributed by atoms with Crippen LogP contribution in [0.4, 0.5) is 18.9 Å². The summed E-state index contributed by atoms with van der Waals surface area (Å²) in [4.78, 5) is 7.69. The van der Waals surface area contributed by atoms with Crippen molar-refractivity contribution in [1.82, 2.24) is 9.88 Å². The van der Waals surface area contributed by atoms with E-state index < -0.39 is 17.5 Å². The first kappa shape index (κ1) is 28.6. The Labute approximate surface area is 229 Å². The molecule has 1 saturated heterocycles. The lowest BCUT2D eigenvalue weighted by Crippen LogP contribution is -2.52. The van der Waals surface area contributed by atoms with Crippen LogP contribution >= 0.6 is 11.6 Å². The Bertz CT molecular complexity index is 1310. The molecule has 3 aromatic rings. The molecule has 0 unspecified atom stereocenters. The molecule has 0 amide bonds. The van der Waals surface area contributed by atoms with Crippen LogP contribution in [0.5, 0.6) is 5.75 Å². The van der Waals surface area contributed by atoms with E-state index in [1.807, 2.05) is 23.1 Å². The Hall–Kier alpha value is -3.36. The van der Waals surface area contributed by atoms with Gasteiger partial charge in [-0.2, -0.15) is 18.4 Å². The van der Waals surface area contributed by atoms with Crippen LogP contribution in [-0.2, 0) is 11.8 Å². The summed E-state index contributed by atoms with van der Waals surface area (Å²) < 4.78 is 44.3. The minimum absolute atomic E-state index is 0.117. The van der Waals surface area contributed by atoms with Gasteiger partial charge in [0.1, 0.15) is 23.7 Å². The summed E-state index contributed by atoms with van der Waals surface area (Å²) >= 11 is 6.64. The number of halogens is 4. The molecule has 1 aliphatic rings. The van der Waals surface area contributed by atoms with Crippen molar-refractivity contribution in [3.8, 4) is 11.8 Å². The number of pyridine rings is 1. The lowest BCUT2D eigenvalue weighted by molar-refractivity contribution is -0.141. The molecule has 2 heterocycles. The molecule has 2 N–H and O–H groups in total. The number of piperazine rings is 1. The third-order valence-electron chi connectivity index (χ3n) is 6.68. The number of β-amino-alcohol motifs (C(OH)–C–C–N with tert-alkyl or cyclic N) is 1. The smallest absolute Gasteiger partial charge is 0.433 e. The third-order valence-corrected chi connectivity index (χ3v) is 6.99. The van der Waals surface area contributed by atoms with Crippen LogP contribution < -0.4 is 9.64 Å². The van der Waals surface area contributed by atoms with Crippen molar-refractivity contribution >= 4 is 17.3 Å². The Balaban J connectivity index is 1.58. The van der Waals surface area contributed by atoms with Crippen molar-refractivity contribution < 1.29 is 28.1 Å². The second-order valence-electron chi connectivity index (χ2n) is 9.57. The number of aliphatic hydroxyl groups is 2. The van der Waals surface area contributed by atoms with Crippen LogP contribution in [0.15, 0.2) is 60.8 Å². The van der Waals surface area contributed by atoms with Crippen molar-refractivity contribution in [2.75, 3.05) is 44.3 Å². The highest BCUT2D eigenvalue weighted by atomic mass is 35.5. The standard InChI is InChI=1S/C28H28ClF3N4O3/c1-27(38,21-6-9-26(34-16-21)28(30,31)32)18-35-10-11-36(24-8-7-22(14-23(24)29)39-13-12-37)25(17-35)20-4-2-19(15-33)3-5-20/h2-9,14,16,25,37-38H,10-13,17-18H2,1H3/t25-,27+/m0/s1. The molecular weight excluding hydrogens is 533 g/mol. The average Bonchev–Trinajstić information content (AvgIpc) is 2.91. The van der Waals surface area contributed by atoms with Gasteiger partial charge >= 0.3 is 6.18 Å². The lowest BCUT2D eigenvalue weighted by Gasteiger charge is -2.45. The van der Waals surface area contributed by atoms with Crippen molar-refractivity contribution in [1.29, 1.82) is 5.26 Å². The Morgan fingerprint density at radius 3 is 2.46 bits per heavy atom. The molecule has 4 rings (SSSR count). The maximum Gasteiger partial charge on any atom is 0.433 e. The van der Waals surface area contributed by atoms with E-state index in [0.717, 1.165) is 23.5 Å². The molecule has 39 heavy (non-hydrogen) atoms. The fourth-order valence-electron chi connectivity index (χ4n) is 4.72. The minimum Gasteiger partial charge on any atom is -0.491 e. The maximum atomic E-state index is 12.9. The Morgan fingerprint density at radius 2 is 1.87 bits per heavy atom. The van der Waals surface area contributed by atoms with Crippen LogP contribution in [0.25, 0.3) is 0 Å². The first-order valence-electron chi connectivity index (χ1n) is 12.3. The summed E-state index contributed by atoms with van der Waals surface area (Å²) in [6.07, 6.45) is -3.49. The van der Waals surface area contributed by atoms with E-state index >= 15 is 0 Å². The number of hydrogen-bond donors (Lipinski definition) is 2. The highest BCUT2D eigenvalue weighted by Crippen LogP contribution is 2.38. The molecule has 11 heteroatoms. The van der Waals surface area contributed by atoms with Crippen LogP contribution in [-0.4, -0.2) is 59.5 Å². The lowest BCUT2D eigenvalue weighted by atomic mass is 9.94. The van der Waals surface area contributed by atoms with E-state index in [1.54, 1.807) is 31.2 Å². The molecule has 7 nitrogen and oxygen atoms in total. The third kappa shape index (κ3) is 6.81. The quantitative estimate of drug-likeness (QED) is 0.410. The second kappa shape index (κ2) is 11.8. The van der Waals surface area contributed by atoms with E-state index in [1.165, 1.54) is 6.07 Å². The van der Waals surface area contributed by atoms with Crippen molar-refractivity contribution in [3.63, 3.8) is 0 Å². The molecule has 1 aromatic heterocycles. The molecule has 0 radical (unpaired) electrons. The number of ether oxygens (including phenoxy) is 1. The molecule has 0 aliphatic carbocycles. The zero-order valence-corrected chi connectivity index (χ0v) is 22.0. The molecule has 0 spiro atoms. The summed E-state index contributed by atoms with van der Waals surface area (Å²) in [6.45, 7) is 3.34. The molecule has 2 atom stereocenters. The highest BCUT2D eigenvalue weighted by Gasteiger charge is 2.36. The van der Waals surface area contributed by atoms with Crippen molar-refractivity contribution in [2.45, 2.75) is 24.7 Å². The van der Waals surface area contributed by atoms with E-state index in [-0.39, 0.29) is 31.4 Å². The van der Waals surface area contributed by atoms with Gasteiger partial charge in [-0.1, -0.05) is 29.8 Å². The molecular formula is C28H28ClF3N4O3. The maximum absolute atomic E-state index is 12.9. The van der Waals surface area contributed by atoms with Gasteiger partial charge in [0.2, 0.25) is 0 Å². The molecule has 0 bridgehead atoms. The minimum atomic E-state index is -4.56. The molecule has 2 aromatic carbocycles. The fraction of sp³-hybridized carbons (Fsp3) is 0.357. The number of rotatable bonds is 8. The Kier molecular flexibility index (Phi) is 8.67. The van der Waals surface area contributed by atoms with Gasteiger partial charge in [0.05, 0.1) is 35.0 Å². The summed E-state index contributed by atoms with van der Waals surface area (Å²) in [7, 11) is 0. The van der Waals surface area contributed by atoms with Gasteiger partial charge < -0.3 is 19.8 Å². The fourth-order valence-corrected chi connectivity index (χ4v) is 5.00. The zero-order valence-electron chi connectivity index (χ0n) is 21.2. The predicted octanol–water partition coefficient (Wildman–Crippen LogP) is 4.77.